The molecule has 1 aliphatic rings. The van der Waals surface area contributed by atoms with Crippen LogP contribution in [0.1, 0.15) is 34.6 Å². The van der Waals surface area contributed by atoms with E-state index in [9.17, 15) is 4.79 Å². The molecule has 0 saturated carbocycles. The Morgan fingerprint density at radius 1 is 1.56 bits per heavy atom. The van der Waals surface area contributed by atoms with Crippen LogP contribution in [-0.4, -0.2) is 23.2 Å². The number of nitrogens with zero attached hydrogens (tertiary/aromatic N) is 1. The van der Waals surface area contributed by atoms with Crippen LogP contribution in [0.5, 0.6) is 0 Å². The van der Waals surface area contributed by atoms with Crippen LogP contribution in [0.15, 0.2) is 16.6 Å². The van der Waals surface area contributed by atoms with Gasteiger partial charge in [0.05, 0.1) is 0 Å². The summed E-state index contributed by atoms with van der Waals surface area (Å²) >= 11 is 0. The normalized spacial score (nSPS) is 24.9. The minimum absolute atomic E-state index is 0.441. The SMILES string of the molecule is CC1=CC(NC(=O)OC(C)(C)C)=NC1(C)N. The molecule has 0 aromatic rings. The number of ether oxygens (including phenoxy) is 1. The minimum Gasteiger partial charge on any atom is -0.444 e. The monoisotopic (exact) mass is 225 g/mol. The molecule has 0 aliphatic carbocycles. The topological polar surface area (TPSA) is 76.7 Å². The Balaban J connectivity index is 2.62. The molecule has 0 saturated heterocycles. The third-order valence-electron chi connectivity index (χ3n) is 2.13. The van der Waals surface area contributed by atoms with Crippen LogP contribution in [0, 0.1) is 0 Å². The molecule has 5 nitrogen and oxygen atoms in total. The van der Waals surface area contributed by atoms with Crippen LogP contribution < -0.4 is 11.1 Å². The molecule has 0 bridgehead atoms. The molecule has 1 rings (SSSR count). The molecule has 0 aromatic carbocycles. The van der Waals surface area contributed by atoms with E-state index in [0.29, 0.717) is 5.84 Å². The smallest absolute Gasteiger partial charge is 0.413 e. The number of alkyl carbamates (subject to hydrolysis) is 1. The van der Waals surface area contributed by atoms with Crippen molar-refractivity contribution in [2.45, 2.75) is 45.9 Å². The van der Waals surface area contributed by atoms with Gasteiger partial charge in [-0.1, -0.05) is 0 Å². The Bertz CT molecular complexity index is 362. The number of rotatable bonds is 0. The Labute approximate surface area is 95.8 Å². The first-order valence-electron chi connectivity index (χ1n) is 5.18. The van der Waals surface area contributed by atoms with E-state index in [-0.39, 0.29) is 0 Å². The van der Waals surface area contributed by atoms with Crippen molar-refractivity contribution in [3.05, 3.63) is 11.6 Å². The van der Waals surface area contributed by atoms with E-state index in [2.05, 4.69) is 10.3 Å². The lowest BCUT2D eigenvalue weighted by molar-refractivity contribution is 0.0563. The predicted octanol–water partition coefficient (Wildman–Crippen LogP) is 1.54. The van der Waals surface area contributed by atoms with Crippen LogP contribution >= 0.6 is 0 Å². The van der Waals surface area contributed by atoms with E-state index in [1.165, 1.54) is 0 Å². The molecule has 1 heterocycles. The molecular weight excluding hydrogens is 206 g/mol. The molecule has 0 fully saturated rings. The first-order valence-corrected chi connectivity index (χ1v) is 5.18. The van der Waals surface area contributed by atoms with Crippen molar-refractivity contribution < 1.29 is 9.53 Å². The second-order valence-corrected chi connectivity index (χ2v) is 5.10. The first kappa shape index (κ1) is 12.7. The minimum atomic E-state index is -0.732. The van der Waals surface area contributed by atoms with Gasteiger partial charge in [0.25, 0.3) is 0 Å². The molecule has 3 N–H and O–H groups in total. The third kappa shape index (κ3) is 3.34. The summed E-state index contributed by atoms with van der Waals surface area (Å²) in [6.45, 7) is 9.06. The highest BCUT2D eigenvalue weighted by molar-refractivity contribution is 6.04. The van der Waals surface area contributed by atoms with Gasteiger partial charge in [-0.25, -0.2) is 9.79 Å². The summed E-state index contributed by atoms with van der Waals surface area (Å²) < 4.78 is 5.10. The fraction of sp³-hybridized carbons (Fsp3) is 0.636. The van der Waals surface area contributed by atoms with Crippen molar-refractivity contribution in [1.29, 1.82) is 0 Å². The summed E-state index contributed by atoms with van der Waals surface area (Å²) in [5.74, 6) is 0.441. The summed E-state index contributed by atoms with van der Waals surface area (Å²) in [6.07, 6.45) is 1.22. The number of nitrogens with two attached hydrogens (primary N) is 1. The van der Waals surface area contributed by atoms with E-state index < -0.39 is 17.4 Å². The van der Waals surface area contributed by atoms with Gasteiger partial charge in [0.15, 0.2) is 0 Å². The second kappa shape index (κ2) is 3.90. The summed E-state index contributed by atoms with van der Waals surface area (Å²) in [5, 5.41) is 2.55. The van der Waals surface area contributed by atoms with Crippen molar-refractivity contribution in [3.8, 4) is 0 Å². The number of carbonyl (C=O) groups excluding carboxylic acids is 1. The van der Waals surface area contributed by atoms with Gasteiger partial charge < -0.3 is 10.5 Å². The maximum Gasteiger partial charge on any atom is 0.413 e. The maximum atomic E-state index is 11.4. The Hall–Kier alpha value is -1.36. The average molecular weight is 225 g/mol. The number of nitrogens with one attached hydrogen (secondary N) is 1. The fourth-order valence-electron chi connectivity index (χ4n) is 1.19. The largest absolute Gasteiger partial charge is 0.444 e. The number of aliphatic imine (C=N–C) groups is 1. The molecule has 1 amide bonds. The van der Waals surface area contributed by atoms with Crippen molar-refractivity contribution in [3.63, 3.8) is 0 Å². The molecule has 1 aliphatic heterocycles. The van der Waals surface area contributed by atoms with Crippen molar-refractivity contribution in [2.24, 2.45) is 10.7 Å². The zero-order valence-electron chi connectivity index (χ0n) is 10.4. The van der Waals surface area contributed by atoms with Gasteiger partial charge in [-0.3, -0.25) is 5.32 Å². The van der Waals surface area contributed by atoms with Gasteiger partial charge in [-0.05, 0) is 46.3 Å². The quantitative estimate of drug-likeness (QED) is 0.656. The molecule has 16 heavy (non-hydrogen) atoms. The van der Waals surface area contributed by atoms with Gasteiger partial charge >= 0.3 is 6.09 Å². The number of hydrogen-bond donors (Lipinski definition) is 2. The van der Waals surface area contributed by atoms with E-state index in [0.717, 1.165) is 5.57 Å². The highest BCUT2D eigenvalue weighted by Crippen LogP contribution is 2.20. The molecular formula is C11H19N3O2. The number of hydrogen-bond acceptors (Lipinski definition) is 4. The lowest BCUT2D eigenvalue weighted by Crippen LogP contribution is -2.37. The molecule has 0 radical (unpaired) electrons. The lowest BCUT2D eigenvalue weighted by Gasteiger charge is -2.19. The van der Waals surface area contributed by atoms with Gasteiger partial charge in [0.2, 0.25) is 0 Å². The summed E-state index contributed by atoms with van der Waals surface area (Å²) in [7, 11) is 0. The predicted molar refractivity (Wildman–Crippen MR) is 63.2 cm³/mol. The second-order valence-electron chi connectivity index (χ2n) is 5.10. The number of amidine groups is 1. The molecule has 1 atom stereocenters. The highest BCUT2D eigenvalue weighted by atomic mass is 16.6. The number of amides is 1. The van der Waals surface area contributed by atoms with Crippen molar-refractivity contribution >= 4 is 11.9 Å². The van der Waals surface area contributed by atoms with E-state index in [1.807, 2.05) is 6.92 Å². The Kier molecular flexibility index (Phi) is 3.10. The lowest BCUT2D eigenvalue weighted by atomic mass is 10.1. The Morgan fingerprint density at radius 3 is 2.50 bits per heavy atom. The van der Waals surface area contributed by atoms with Crippen molar-refractivity contribution in [1.82, 2.24) is 5.32 Å². The zero-order chi connectivity index (χ0) is 12.6. The van der Waals surface area contributed by atoms with Crippen LogP contribution in [0.4, 0.5) is 4.79 Å². The fourth-order valence-corrected chi connectivity index (χ4v) is 1.19. The maximum absolute atomic E-state index is 11.4. The van der Waals surface area contributed by atoms with Crippen LogP contribution in [0.25, 0.3) is 0 Å². The molecule has 1 unspecified atom stereocenters. The highest BCUT2D eigenvalue weighted by Gasteiger charge is 2.27. The summed E-state index contributed by atoms with van der Waals surface area (Å²) in [4.78, 5) is 15.6. The van der Waals surface area contributed by atoms with E-state index in [4.69, 9.17) is 10.5 Å². The van der Waals surface area contributed by atoms with Gasteiger partial charge in [0.1, 0.15) is 17.1 Å². The van der Waals surface area contributed by atoms with Crippen LogP contribution in [0.2, 0.25) is 0 Å². The first-order chi connectivity index (χ1) is 7.10. The van der Waals surface area contributed by atoms with Gasteiger partial charge in [0, 0.05) is 0 Å². The third-order valence-corrected chi connectivity index (χ3v) is 2.13. The molecule has 5 heteroatoms. The van der Waals surface area contributed by atoms with E-state index in [1.54, 1.807) is 33.8 Å². The summed E-state index contributed by atoms with van der Waals surface area (Å²) in [6, 6.07) is 0. The summed E-state index contributed by atoms with van der Waals surface area (Å²) in [5.41, 5.74) is 5.52. The standard InChI is InChI=1S/C11H19N3O2/c1-7-6-8(14-11(7,5)12)13-9(15)16-10(2,3)4/h6H,12H2,1-5H3,(H,13,14,15). The molecule has 90 valence electrons. The van der Waals surface area contributed by atoms with Crippen LogP contribution in [-0.2, 0) is 4.74 Å². The number of carbonyl (C=O) groups is 1. The van der Waals surface area contributed by atoms with E-state index >= 15 is 0 Å². The average Bonchev–Trinajstić information content (AvgIpc) is 2.20. The molecule has 0 spiro atoms. The van der Waals surface area contributed by atoms with Gasteiger partial charge in [-0.15, -0.1) is 0 Å². The van der Waals surface area contributed by atoms with Crippen LogP contribution in [0.3, 0.4) is 0 Å². The van der Waals surface area contributed by atoms with Gasteiger partial charge in [-0.2, -0.15) is 0 Å². The van der Waals surface area contributed by atoms with Crippen molar-refractivity contribution in [2.75, 3.05) is 0 Å². The molecule has 0 aromatic heterocycles. The Morgan fingerprint density at radius 2 is 2.12 bits per heavy atom. The zero-order valence-corrected chi connectivity index (χ0v) is 10.4.